The van der Waals surface area contributed by atoms with Crippen LogP contribution >= 0.6 is 0 Å². The van der Waals surface area contributed by atoms with Crippen LogP contribution in [-0.2, 0) is 17.3 Å². The van der Waals surface area contributed by atoms with Gasteiger partial charge in [0.25, 0.3) is 0 Å². The van der Waals surface area contributed by atoms with Crippen LogP contribution in [0, 0.1) is 23.3 Å². The van der Waals surface area contributed by atoms with Gasteiger partial charge in [0.15, 0.2) is 0 Å². The molecule has 3 aromatic rings. The van der Waals surface area contributed by atoms with E-state index in [-0.39, 0.29) is 17.7 Å². The van der Waals surface area contributed by atoms with Crippen molar-refractivity contribution in [1.82, 2.24) is 0 Å². The van der Waals surface area contributed by atoms with Crippen LogP contribution in [-0.4, -0.2) is 6.36 Å². The smallest absolute Gasteiger partial charge is 0.222 e. The van der Waals surface area contributed by atoms with Gasteiger partial charge in [-0.15, -0.1) is 13.2 Å². The number of benzene rings is 3. The molecule has 0 aliphatic carbocycles. The molecule has 0 fully saturated rings. The Hall–Kier alpha value is -3.27. The summed E-state index contributed by atoms with van der Waals surface area (Å²) in [4.78, 5) is 0. The first-order valence-corrected chi connectivity index (χ1v) is 10.2. The molecule has 1 nitrogen and oxygen atoms in total. The van der Waals surface area contributed by atoms with Crippen LogP contribution in [0.1, 0.15) is 35.6 Å². The van der Waals surface area contributed by atoms with Crippen LogP contribution in [0.3, 0.4) is 0 Å². The number of aryl methyl sites for hydroxylation is 1. The lowest BCUT2D eigenvalue weighted by Gasteiger charge is -2.20. The van der Waals surface area contributed by atoms with Gasteiger partial charge in [0.2, 0.25) is 0 Å². The lowest BCUT2D eigenvalue weighted by atomic mass is 9.99. The Morgan fingerprint density at radius 2 is 1.23 bits per heavy atom. The first-order valence-electron chi connectivity index (χ1n) is 10.2. The Morgan fingerprint density at radius 1 is 0.714 bits per heavy atom. The van der Waals surface area contributed by atoms with Crippen molar-refractivity contribution >= 4 is 12.2 Å². The van der Waals surface area contributed by atoms with Crippen LogP contribution < -0.4 is 0 Å². The minimum absolute atomic E-state index is 0.0593. The first-order chi connectivity index (χ1) is 16.3. The highest BCUT2D eigenvalue weighted by Crippen LogP contribution is 2.40. The van der Waals surface area contributed by atoms with Crippen molar-refractivity contribution in [3.8, 4) is 11.1 Å². The highest BCUT2D eigenvalue weighted by molar-refractivity contribution is 5.73. The van der Waals surface area contributed by atoms with Crippen molar-refractivity contribution < 1.29 is 44.3 Å². The molecule has 0 N–H and O–H groups in total. The molecule has 3 rings (SSSR count). The molecule has 10 heteroatoms. The molecule has 0 aliphatic heterocycles. The average Bonchev–Trinajstić information content (AvgIpc) is 2.70. The van der Waals surface area contributed by atoms with Gasteiger partial charge in [-0.3, -0.25) is 0 Å². The van der Waals surface area contributed by atoms with E-state index in [4.69, 9.17) is 0 Å². The molecule has 3 aromatic carbocycles. The molecule has 0 atom stereocenters. The maximum Gasteiger partial charge on any atom is 0.527 e. The minimum atomic E-state index is -5.90. The van der Waals surface area contributed by atoms with Crippen molar-refractivity contribution in [3.05, 3.63) is 94.1 Å². The normalized spacial score (nSPS) is 12.5. The number of ether oxygens (including phenoxy) is 1. The van der Waals surface area contributed by atoms with Gasteiger partial charge in [-0.05, 0) is 52.9 Å². The molecule has 0 radical (unpaired) electrons. The predicted molar refractivity (Wildman–Crippen MR) is 112 cm³/mol. The molecule has 0 saturated carbocycles. The summed E-state index contributed by atoms with van der Waals surface area (Å²) in [6.07, 6.45) is -6.46. The summed E-state index contributed by atoms with van der Waals surface area (Å²) in [5, 5.41) is 0. The third-order valence-electron chi connectivity index (χ3n) is 4.92. The SMILES string of the molecule is CCCc1ccc(C=Cc2cc(F)c(-c3cc(F)c(C(F)(F)OC(F)(F)F)c(F)c3)c(F)c2)cc1. The van der Waals surface area contributed by atoms with E-state index in [0.717, 1.165) is 36.1 Å². The molecule has 0 spiro atoms. The fourth-order valence-corrected chi connectivity index (χ4v) is 3.43. The molecular formula is C25H17F9O. The number of alkyl halides is 5. The zero-order chi connectivity index (χ0) is 26.0. The second-order valence-corrected chi connectivity index (χ2v) is 7.56. The van der Waals surface area contributed by atoms with Gasteiger partial charge >= 0.3 is 12.5 Å². The van der Waals surface area contributed by atoms with Crippen molar-refractivity contribution in [2.45, 2.75) is 32.2 Å². The van der Waals surface area contributed by atoms with E-state index >= 15 is 0 Å². The summed E-state index contributed by atoms with van der Waals surface area (Å²) in [7, 11) is 0. The zero-order valence-electron chi connectivity index (χ0n) is 18.0. The molecule has 0 aromatic heterocycles. The molecule has 0 amide bonds. The number of halogens is 9. The van der Waals surface area contributed by atoms with Gasteiger partial charge in [0.1, 0.15) is 28.8 Å². The van der Waals surface area contributed by atoms with Gasteiger partial charge in [-0.2, -0.15) is 8.78 Å². The second kappa shape index (κ2) is 10.2. The van der Waals surface area contributed by atoms with Gasteiger partial charge in [-0.1, -0.05) is 49.8 Å². The average molecular weight is 504 g/mol. The van der Waals surface area contributed by atoms with E-state index in [0.29, 0.717) is 0 Å². The second-order valence-electron chi connectivity index (χ2n) is 7.56. The fourth-order valence-electron chi connectivity index (χ4n) is 3.43. The summed E-state index contributed by atoms with van der Waals surface area (Å²) < 4.78 is 124. The van der Waals surface area contributed by atoms with E-state index in [2.05, 4.69) is 4.74 Å². The van der Waals surface area contributed by atoms with Crippen LogP contribution in [0.5, 0.6) is 0 Å². The summed E-state index contributed by atoms with van der Waals surface area (Å²) >= 11 is 0. The summed E-state index contributed by atoms with van der Waals surface area (Å²) in [5.41, 5.74) is -2.19. The van der Waals surface area contributed by atoms with E-state index < -0.39 is 52.4 Å². The monoisotopic (exact) mass is 504 g/mol. The maximum atomic E-state index is 14.6. The third kappa shape index (κ3) is 6.45. The van der Waals surface area contributed by atoms with Gasteiger partial charge in [-0.25, -0.2) is 22.3 Å². The van der Waals surface area contributed by atoms with Gasteiger partial charge in [0, 0.05) is 0 Å². The Labute approximate surface area is 194 Å². The Balaban J connectivity index is 1.92. The summed E-state index contributed by atoms with van der Waals surface area (Å²) in [6, 6.07) is 9.34. The number of hydrogen-bond donors (Lipinski definition) is 0. The predicted octanol–water partition coefficient (Wildman–Crippen LogP) is 8.62. The Kier molecular flexibility index (Phi) is 7.64. The lowest BCUT2D eigenvalue weighted by Crippen LogP contribution is -2.29. The summed E-state index contributed by atoms with van der Waals surface area (Å²) in [5.74, 6) is -6.90. The largest absolute Gasteiger partial charge is 0.527 e. The van der Waals surface area contributed by atoms with Crippen LogP contribution in [0.15, 0.2) is 48.5 Å². The first kappa shape index (κ1) is 26.3. The number of hydrogen-bond acceptors (Lipinski definition) is 1. The molecule has 35 heavy (non-hydrogen) atoms. The molecule has 0 bridgehead atoms. The van der Waals surface area contributed by atoms with E-state index in [1.54, 1.807) is 6.08 Å². The van der Waals surface area contributed by atoms with Crippen molar-refractivity contribution in [2.75, 3.05) is 0 Å². The fraction of sp³-hybridized carbons (Fsp3) is 0.200. The van der Waals surface area contributed by atoms with Crippen LogP contribution in [0.4, 0.5) is 39.5 Å². The topological polar surface area (TPSA) is 9.23 Å². The van der Waals surface area contributed by atoms with Crippen LogP contribution in [0.2, 0.25) is 0 Å². The standard InChI is InChI=1S/C25H17F9O/c1-2-3-14-4-6-15(7-5-14)8-9-16-10-18(26)22(19(27)11-16)17-12-20(28)23(21(29)13-17)24(30,31)35-25(32,33)34/h4-13H,2-3H2,1H3. The third-order valence-corrected chi connectivity index (χ3v) is 4.92. The van der Waals surface area contributed by atoms with Crippen LogP contribution in [0.25, 0.3) is 23.3 Å². The van der Waals surface area contributed by atoms with E-state index in [1.165, 1.54) is 6.08 Å². The molecule has 0 heterocycles. The highest BCUT2D eigenvalue weighted by atomic mass is 19.4. The summed E-state index contributed by atoms with van der Waals surface area (Å²) in [6.45, 7) is 2.04. The molecule has 186 valence electrons. The maximum absolute atomic E-state index is 14.6. The molecule has 0 unspecified atom stereocenters. The Morgan fingerprint density at radius 3 is 1.71 bits per heavy atom. The number of rotatable bonds is 7. The van der Waals surface area contributed by atoms with E-state index in [1.807, 2.05) is 31.2 Å². The van der Waals surface area contributed by atoms with Crippen molar-refractivity contribution in [1.29, 1.82) is 0 Å². The highest BCUT2D eigenvalue weighted by Gasteiger charge is 2.49. The van der Waals surface area contributed by atoms with Gasteiger partial charge in [0.05, 0.1) is 5.56 Å². The molecular weight excluding hydrogens is 487 g/mol. The van der Waals surface area contributed by atoms with Crippen molar-refractivity contribution in [3.63, 3.8) is 0 Å². The minimum Gasteiger partial charge on any atom is -0.222 e. The van der Waals surface area contributed by atoms with Gasteiger partial charge < -0.3 is 0 Å². The molecule has 0 saturated heterocycles. The lowest BCUT2D eigenvalue weighted by molar-refractivity contribution is -0.432. The Bertz CT molecular complexity index is 1180. The quantitative estimate of drug-likeness (QED) is 0.231. The van der Waals surface area contributed by atoms with Crippen molar-refractivity contribution in [2.24, 2.45) is 0 Å². The van der Waals surface area contributed by atoms with E-state index in [9.17, 15) is 39.5 Å². The molecule has 0 aliphatic rings. The zero-order valence-corrected chi connectivity index (χ0v) is 18.0.